The summed E-state index contributed by atoms with van der Waals surface area (Å²) in [6, 6.07) is 10.4. The third kappa shape index (κ3) is 3.31. The lowest BCUT2D eigenvalue weighted by Gasteiger charge is -2.09. The number of nitrogens with zero attached hydrogens (tertiary/aromatic N) is 1. The van der Waals surface area contributed by atoms with Crippen LogP contribution in [0, 0.1) is 6.92 Å². The molecule has 1 N–H and O–H groups in total. The molecule has 0 bridgehead atoms. The van der Waals surface area contributed by atoms with Crippen molar-refractivity contribution in [2.75, 3.05) is 12.4 Å². The van der Waals surface area contributed by atoms with Gasteiger partial charge in [0.15, 0.2) is 0 Å². The topological polar surface area (TPSA) is 34.1 Å². The quantitative estimate of drug-likeness (QED) is 0.874. The molecule has 18 heavy (non-hydrogen) atoms. The summed E-state index contributed by atoms with van der Waals surface area (Å²) < 4.78 is 5.13. The van der Waals surface area contributed by atoms with Crippen molar-refractivity contribution in [3.8, 4) is 0 Å². The van der Waals surface area contributed by atoms with Gasteiger partial charge in [-0.05, 0) is 29.7 Å². The first-order valence-electron chi connectivity index (χ1n) is 6.01. The number of rotatable bonds is 5. The Bertz CT molecular complexity index is 511. The molecule has 3 nitrogen and oxygen atoms in total. The van der Waals surface area contributed by atoms with E-state index in [4.69, 9.17) is 4.74 Å². The number of nitrogens with one attached hydrogen (secondary N) is 1. The van der Waals surface area contributed by atoms with Crippen LogP contribution in [0.2, 0.25) is 0 Å². The standard InChI is InChI=1S/C15H18N2O/c1-12-6-7-16-10-15(12)17-9-13-4-3-5-14(8-13)11-18-2/h3-8,10,17H,9,11H2,1-2H3. The smallest absolute Gasteiger partial charge is 0.0713 e. The van der Waals surface area contributed by atoms with Crippen molar-refractivity contribution in [2.24, 2.45) is 0 Å². The second kappa shape index (κ2) is 6.17. The fourth-order valence-corrected chi connectivity index (χ4v) is 1.84. The Labute approximate surface area is 108 Å². The van der Waals surface area contributed by atoms with Crippen LogP contribution in [0.4, 0.5) is 5.69 Å². The third-order valence-electron chi connectivity index (χ3n) is 2.82. The van der Waals surface area contributed by atoms with Crippen LogP contribution >= 0.6 is 0 Å². The highest BCUT2D eigenvalue weighted by Crippen LogP contribution is 2.14. The summed E-state index contributed by atoms with van der Waals surface area (Å²) in [5, 5.41) is 3.40. The van der Waals surface area contributed by atoms with Gasteiger partial charge in [0.2, 0.25) is 0 Å². The fourth-order valence-electron chi connectivity index (χ4n) is 1.84. The van der Waals surface area contributed by atoms with E-state index in [-0.39, 0.29) is 0 Å². The first kappa shape index (κ1) is 12.6. The van der Waals surface area contributed by atoms with E-state index < -0.39 is 0 Å². The molecule has 0 amide bonds. The molecule has 3 heteroatoms. The molecule has 0 radical (unpaired) electrons. The molecule has 94 valence electrons. The van der Waals surface area contributed by atoms with Crippen molar-refractivity contribution in [1.82, 2.24) is 4.98 Å². The Morgan fingerprint density at radius 1 is 1.22 bits per heavy atom. The van der Waals surface area contributed by atoms with E-state index in [1.807, 2.05) is 12.3 Å². The second-order valence-corrected chi connectivity index (χ2v) is 4.30. The summed E-state index contributed by atoms with van der Waals surface area (Å²) in [6.07, 6.45) is 3.66. The number of anilines is 1. The second-order valence-electron chi connectivity index (χ2n) is 4.30. The molecule has 1 aromatic carbocycles. The van der Waals surface area contributed by atoms with E-state index in [2.05, 4.69) is 41.5 Å². The zero-order valence-corrected chi connectivity index (χ0v) is 10.8. The van der Waals surface area contributed by atoms with E-state index in [1.54, 1.807) is 13.3 Å². The maximum atomic E-state index is 5.13. The van der Waals surface area contributed by atoms with Gasteiger partial charge in [0.05, 0.1) is 18.5 Å². The first-order chi connectivity index (χ1) is 8.79. The number of hydrogen-bond donors (Lipinski definition) is 1. The highest BCUT2D eigenvalue weighted by Gasteiger charge is 1.99. The molecule has 0 aliphatic heterocycles. The SMILES string of the molecule is COCc1cccc(CNc2cnccc2C)c1. The Morgan fingerprint density at radius 3 is 2.83 bits per heavy atom. The molecule has 1 heterocycles. The third-order valence-corrected chi connectivity index (χ3v) is 2.82. The molecular weight excluding hydrogens is 224 g/mol. The molecule has 0 aliphatic rings. The number of methoxy groups -OCH3 is 1. The number of aryl methyl sites for hydroxylation is 1. The van der Waals surface area contributed by atoms with Gasteiger partial charge >= 0.3 is 0 Å². The molecular formula is C15H18N2O. The number of pyridine rings is 1. The highest BCUT2D eigenvalue weighted by molar-refractivity contribution is 5.48. The van der Waals surface area contributed by atoms with Crippen molar-refractivity contribution < 1.29 is 4.74 Å². The Hall–Kier alpha value is -1.87. The lowest BCUT2D eigenvalue weighted by molar-refractivity contribution is 0.185. The van der Waals surface area contributed by atoms with Crippen LogP contribution in [0.1, 0.15) is 16.7 Å². The Balaban J connectivity index is 2.02. The summed E-state index contributed by atoms with van der Waals surface area (Å²) in [4.78, 5) is 4.12. The number of aromatic nitrogens is 1. The monoisotopic (exact) mass is 242 g/mol. The van der Waals surface area contributed by atoms with Crippen LogP contribution in [0.3, 0.4) is 0 Å². The minimum atomic E-state index is 0.653. The van der Waals surface area contributed by atoms with Gasteiger partial charge in [0, 0.05) is 19.9 Å². The molecule has 0 saturated carbocycles. The lowest BCUT2D eigenvalue weighted by Crippen LogP contribution is -2.02. The molecule has 0 saturated heterocycles. The largest absolute Gasteiger partial charge is 0.380 e. The van der Waals surface area contributed by atoms with Crippen LogP contribution in [-0.4, -0.2) is 12.1 Å². The maximum absolute atomic E-state index is 5.13. The Kier molecular flexibility index (Phi) is 4.31. The summed E-state index contributed by atoms with van der Waals surface area (Å²) in [5.41, 5.74) is 4.72. The predicted octanol–water partition coefficient (Wildman–Crippen LogP) is 3.15. The highest BCUT2D eigenvalue weighted by atomic mass is 16.5. The fraction of sp³-hybridized carbons (Fsp3) is 0.267. The van der Waals surface area contributed by atoms with E-state index in [1.165, 1.54) is 16.7 Å². The summed E-state index contributed by atoms with van der Waals surface area (Å²) in [5.74, 6) is 0. The zero-order valence-electron chi connectivity index (χ0n) is 10.8. The molecule has 2 aromatic rings. The summed E-state index contributed by atoms with van der Waals surface area (Å²) >= 11 is 0. The average Bonchev–Trinajstić information content (AvgIpc) is 2.39. The molecule has 0 aliphatic carbocycles. The van der Waals surface area contributed by atoms with Crippen molar-refractivity contribution in [2.45, 2.75) is 20.1 Å². The van der Waals surface area contributed by atoms with Crippen LogP contribution < -0.4 is 5.32 Å². The predicted molar refractivity (Wildman–Crippen MR) is 73.5 cm³/mol. The zero-order chi connectivity index (χ0) is 12.8. The van der Waals surface area contributed by atoms with Crippen LogP contribution in [0.15, 0.2) is 42.7 Å². The number of benzene rings is 1. The molecule has 1 aromatic heterocycles. The Morgan fingerprint density at radius 2 is 2.06 bits per heavy atom. The van der Waals surface area contributed by atoms with Crippen LogP contribution in [-0.2, 0) is 17.9 Å². The minimum Gasteiger partial charge on any atom is -0.380 e. The van der Waals surface area contributed by atoms with Gasteiger partial charge in [0.25, 0.3) is 0 Å². The number of ether oxygens (including phenoxy) is 1. The van der Waals surface area contributed by atoms with Crippen molar-refractivity contribution in [3.63, 3.8) is 0 Å². The van der Waals surface area contributed by atoms with Gasteiger partial charge in [-0.3, -0.25) is 4.98 Å². The van der Waals surface area contributed by atoms with Crippen molar-refractivity contribution in [3.05, 3.63) is 59.4 Å². The van der Waals surface area contributed by atoms with E-state index in [9.17, 15) is 0 Å². The van der Waals surface area contributed by atoms with Crippen molar-refractivity contribution >= 4 is 5.69 Å². The average molecular weight is 242 g/mol. The van der Waals surface area contributed by atoms with Gasteiger partial charge in [-0.15, -0.1) is 0 Å². The molecule has 0 fully saturated rings. The minimum absolute atomic E-state index is 0.653. The van der Waals surface area contributed by atoms with Gasteiger partial charge in [-0.25, -0.2) is 0 Å². The van der Waals surface area contributed by atoms with E-state index in [0.717, 1.165) is 12.2 Å². The lowest BCUT2D eigenvalue weighted by atomic mass is 10.1. The van der Waals surface area contributed by atoms with Gasteiger partial charge in [-0.1, -0.05) is 24.3 Å². The van der Waals surface area contributed by atoms with Crippen LogP contribution in [0.25, 0.3) is 0 Å². The summed E-state index contributed by atoms with van der Waals surface area (Å²) in [7, 11) is 1.71. The maximum Gasteiger partial charge on any atom is 0.0713 e. The molecule has 0 spiro atoms. The summed E-state index contributed by atoms with van der Waals surface area (Å²) in [6.45, 7) is 3.52. The normalized spacial score (nSPS) is 10.3. The van der Waals surface area contributed by atoms with Crippen molar-refractivity contribution in [1.29, 1.82) is 0 Å². The molecule has 2 rings (SSSR count). The van der Waals surface area contributed by atoms with Crippen LogP contribution in [0.5, 0.6) is 0 Å². The van der Waals surface area contributed by atoms with E-state index >= 15 is 0 Å². The van der Waals surface area contributed by atoms with Gasteiger partial charge in [-0.2, -0.15) is 0 Å². The first-order valence-corrected chi connectivity index (χ1v) is 6.01. The van der Waals surface area contributed by atoms with Gasteiger partial charge in [0.1, 0.15) is 0 Å². The van der Waals surface area contributed by atoms with Gasteiger partial charge < -0.3 is 10.1 Å². The van der Waals surface area contributed by atoms with E-state index in [0.29, 0.717) is 6.61 Å². The molecule has 0 unspecified atom stereocenters. The number of hydrogen-bond acceptors (Lipinski definition) is 3. The molecule has 0 atom stereocenters.